The van der Waals surface area contributed by atoms with Crippen LogP contribution in [-0.2, 0) is 0 Å². The van der Waals surface area contributed by atoms with E-state index in [1.54, 1.807) is 6.20 Å². The van der Waals surface area contributed by atoms with Crippen LogP contribution < -0.4 is 15.4 Å². The van der Waals surface area contributed by atoms with Crippen LogP contribution in [0.5, 0.6) is 5.75 Å². The molecule has 20 heavy (non-hydrogen) atoms. The molecule has 1 aliphatic rings. The van der Waals surface area contributed by atoms with Crippen LogP contribution in [-0.4, -0.2) is 60.3 Å². The van der Waals surface area contributed by atoms with Gasteiger partial charge in [-0.2, -0.15) is 0 Å². The summed E-state index contributed by atoms with van der Waals surface area (Å²) in [6.07, 6.45) is 1.78. The summed E-state index contributed by atoms with van der Waals surface area (Å²) in [6, 6.07) is 3.82. The van der Waals surface area contributed by atoms with Gasteiger partial charge in [-0.15, -0.1) is 0 Å². The standard InChI is InChI=1S/C13H21N5O2/c1-2-20-11-4-3-5-15-13(11)18-8-6-17(7-9-18)10-12(14)16-19/h3-5,19H,2,6-10H2,1H3,(H2,14,16). The second-order valence-electron chi connectivity index (χ2n) is 4.61. The molecule has 2 heterocycles. The number of hydrogen-bond acceptors (Lipinski definition) is 6. The molecule has 0 spiro atoms. The van der Waals surface area contributed by atoms with Crippen molar-refractivity contribution in [2.45, 2.75) is 6.92 Å². The maximum Gasteiger partial charge on any atom is 0.171 e. The summed E-state index contributed by atoms with van der Waals surface area (Å²) in [4.78, 5) is 8.77. The van der Waals surface area contributed by atoms with Crippen molar-refractivity contribution in [1.82, 2.24) is 9.88 Å². The lowest BCUT2D eigenvalue weighted by atomic mass is 10.3. The molecule has 1 aliphatic heterocycles. The zero-order chi connectivity index (χ0) is 14.4. The number of ether oxygens (including phenoxy) is 1. The molecule has 1 fully saturated rings. The number of piperazine rings is 1. The van der Waals surface area contributed by atoms with Crippen molar-refractivity contribution in [2.24, 2.45) is 10.9 Å². The van der Waals surface area contributed by atoms with E-state index < -0.39 is 0 Å². The molecule has 2 rings (SSSR count). The molecule has 0 bridgehead atoms. The fourth-order valence-corrected chi connectivity index (χ4v) is 2.27. The Labute approximate surface area is 118 Å². The molecule has 0 amide bonds. The van der Waals surface area contributed by atoms with Gasteiger partial charge < -0.3 is 20.6 Å². The molecule has 1 aromatic heterocycles. The fourth-order valence-electron chi connectivity index (χ4n) is 2.27. The number of amidine groups is 1. The normalized spacial score (nSPS) is 17.2. The molecular formula is C13H21N5O2. The Morgan fingerprint density at radius 3 is 2.85 bits per heavy atom. The lowest BCUT2D eigenvalue weighted by Gasteiger charge is -2.35. The minimum absolute atomic E-state index is 0.242. The van der Waals surface area contributed by atoms with Crippen molar-refractivity contribution >= 4 is 11.7 Å². The summed E-state index contributed by atoms with van der Waals surface area (Å²) in [5, 5.41) is 11.6. The number of oxime groups is 1. The van der Waals surface area contributed by atoms with Gasteiger partial charge >= 0.3 is 0 Å². The van der Waals surface area contributed by atoms with Gasteiger partial charge in [-0.1, -0.05) is 5.16 Å². The van der Waals surface area contributed by atoms with Gasteiger partial charge in [-0.3, -0.25) is 4.90 Å². The second kappa shape index (κ2) is 6.95. The van der Waals surface area contributed by atoms with Crippen molar-refractivity contribution in [3.63, 3.8) is 0 Å². The van der Waals surface area contributed by atoms with E-state index in [0.29, 0.717) is 13.2 Å². The largest absolute Gasteiger partial charge is 0.490 e. The molecule has 0 atom stereocenters. The van der Waals surface area contributed by atoms with Crippen molar-refractivity contribution in [1.29, 1.82) is 0 Å². The van der Waals surface area contributed by atoms with Gasteiger partial charge in [0.2, 0.25) is 0 Å². The summed E-state index contributed by atoms with van der Waals surface area (Å²) >= 11 is 0. The fraction of sp³-hybridized carbons (Fsp3) is 0.538. The number of pyridine rings is 1. The molecule has 0 radical (unpaired) electrons. The van der Waals surface area contributed by atoms with Gasteiger partial charge in [0.1, 0.15) is 0 Å². The lowest BCUT2D eigenvalue weighted by Crippen LogP contribution is -2.49. The Balaban J connectivity index is 1.97. The highest BCUT2D eigenvalue weighted by molar-refractivity contribution is 5.81. The van der Waals surface area contributed by atoms with E-state index in [-0.39, 0.29) is 5.84 Å². The van der Waals surface area contributed by atoms with E-state index in [2.05, 4.69) is 19.9 Å². The van der Waals surface area contributed by atoms with Gasteiger partial charge in [0.15, 0.2) is 17.4 Å². The van der Waals surface area contributed by atoms with Gasteiger partial charge in [-0.25, -0.2) is 4.98 Å². The van der Waals surface area contributed by atoms with E-state index in [4.69, 9.17) is 15.7 Å². The minimum Gasteiger partial charge on any atom is -0.490 e. The summed E-state index contributed by atoms with van der Waals surface area (Å²) < 4.78 is 5.61. The Bertz CT molecular complexity index is 458. The molecule has 0 aliphatic carbocycles. The first-order valence-corrected chi connectivity index (χ1v) is 6.76. The Kier molecular flexibility index (Phi) is 5.00. The maximum absolute atomic E-state index is 8.59. The average molecular weight is 279 g/mol. The summed E-state index contributed by atoms with van der Waals surface area (Å²) in [7, 11) is 0. The zero-order valence-corrected chi connectivity index (χ0v) is 11.7. The van der Waals surface area contributed by atoms with Gasteiger partial charge in [0.25, 0.3) is 0 Å². The van der Waals surface area contributed by atoms with Crippen LogP contribution in [0.15, 0.2) is 23.5 Å². The van der Waals surface area contributed by atoms with Gasteiger partial charge in [0, 0.05) is 32.4 Å². The van der Waals surface area contributed by atoms with E-state index in [1.807, 2.05) is 19.1 Å². The van der Waals surface area contributed by atoms with Gasteiger partial charge in [0.05, 0.1) is 13.2 Å². The predicted molar refractivity (Wildman–Crippen MR) is 77.5 cm³/mol. The van der Waals surface area contributed by atoms with Gasteiger partial charge in [-0.05, 0) is 19.1 Å². The molecule has 0 aromatic carbocycles. The van der Waals surface area contributed by atoms with E-state index in [1.165, 1.54) is 0 Å². The first-order chi connectivity index (χ1) is 9.74. The van der Waals surface area contributed by atoms with Crippen molar-refractivity contribution < 1.29 is 9.94 Å². The monoisotopic (exact) mass is 279 g/mol. The average Bonchev–Trinajstić information content (AvgIpc) is 2.49. The smallest absolute Gasteiger partial charge is 0.171 e. The Morgan fingerprint density at radius 1 is 1.45 bits per heavy atom. The second-order valence-corrected chi connectivity index (χ2v) is 4.61. The highest BCUT2D eigenvalue weighted by Gasteiger charge is 2.21. The topological polar surface area (TPSA) is 87.2 Å². The first-order valence-electron chi connectivity index (χ1n) is 6.76. The molecule has 7 nitrogen and oxygen atoms in total. The molecule has 1 aromatic rings. The molecular weight excluding hydrogens is 258 g/mol. The van der Waals surface area contributed by atoms with Crippen LogP contribution in [0.1, 0.15) is 6.92 Å². The van der Waals surface area contributed by atoms with Crippen LogP contribution in [0.4, 0.5) is 5.82 Å². The SMILES string of the molecule is CCOc1cccnc1N1CCN(C/C(N)=N/O)CC1. The van der Waals surface area contributed by atoms with Crippen molar-refractivity contribution in [3.8, 4) is 5.75 Å². The van der Waals surface area contributed by atoms with Crippen LogP contribution in [0, 0.1) is 0 Å². The number of rotatable bonds is 5. The quantitative estimate of drug-likeness (QED) is 0.350. The zero-order valence-electron chi connectivity index (χ0n) is 11.7. The number of hydrogen-bond donors (Lipinski definition) is 2. The third kappa shape index (κ3) is 3.51. The van der Waals surface area contributed by atoms with Crippen LogP contribution in [0.3, 0.4) is 0 Å². The van der Waals surface area contributed by atoms with Crippen molar-refractivity contribution in [2.75, 3.05) is 44.2 Å². The summed E-state index contributed by atoms with van der Waals surface area (Å²) in [6.45, 7) is 6.46. The first kappa shape index (κ1) is 14.4. The molecule has 0 unspecified atom stereocenters. The van der Waals surface area contributed by atoms with E-state index in [0.717, 1.165) is 37.7 Å². The van der Waals surface area contributed by atoms with Crippen LogP contribution in [0.25, 0.3) is 0 Å². The highest BCUT2D eigenvalue weighted by Crippen LogP contribution is 2.25. The van der Waals surface area contributed by atoms with Crippen molar-refractivity contribution in [3.05, 3.63) is 18.3 Å². The van der Waals surface area contributed by atoms with E-state index >= 15 is 0 Å². The minimum atomic E-state index is 0.242. The van der Waals surface area contributed by atoms with Crippen LogP contribution in [0.2, 0.25) is 0 Å². The molecule has 3 N–H and O–H groups in total. The third-order valence-electron chi connectivity index (χ3n) is 3.24. The maximum atomic E-state index is 8.59. The number of aromatic nitrogens is 1. The third-order valence-corrected chi connectivity index (χ3v) is 3.24. The molecule has 1 saturated heterocycles. The highest BCUT2D eigenvalue weighted by atomic mass is 16.5. The number of nitrogens with zero attached hydrogens (tertiary/aromatic N) is 4. The summed E-state index contributed by atoms with van der Waals surface area (Å²) in [5.41, 5.74) is 5.53. The molecule has 7 heteroatoms. The predicted octanol–water partition coefficient (Wildman–Crippen LogP) is 0.349. The van der Waals surface area contributed by atoms with E-state index in [9.17, 15) is 0 Å². The number of anilines is 1. The van der Waals surface area contributed by atoms with Crippen LogP contribution >= 0.6 is 0 Å². The summed E-state index contributed by atoms with van der Waals surface area (Å²) in [5.74, 6) is 1.95. The Hall–Kier alpha value is -2.02. The Morgan fingerprint density at radius 2 is 2.20 bits per heavy atom. The molecule has 110 valence electrons. The lowest BCUT2D eigenvalue weighted by molar-refractivity contribution is 0.276. The molecule has 0 saturated carbocycles. The number of nitrogens with two attached hydrogens (primary N) is 1.